The molecule has 0 fully saturated rings. The number of hydrogen-bond acceptors (Lipinski definition) is 4. The molecule has 1 atom stereocenters. The maximum absolute atomic E-state index is 11.6. The van der Waals surface area contributed by atoms with Crippen molar-refractivity contribution in [3.05, 3.63) is 0 Å². The topological polar surface area (TPSA) is 114 Å². The summed E-state index contributed by atoms with van der Waals surface area (Å²) >= 11 is 0. The predicted octanol–water partition coefficient (Wildman–Crippen LogP) is 0.634. The first kappa shape index (κ1) is 16.9. The highest BCUT2D eigenvalue weighted by atomic mass is 28.4. The van der Waals surface area contributed by atoms with E-state index in [2.05, 4.69) is 5.32 Å². The van der Waals surface area contributed by atoms with E-state index in [1.54, 1.807) is 0 Å². The normalized spacial score (nSPS) is 13.9. The molecule has 0 aliphatic heterocycles. The van der Waals surface area contributed by atoms with Crippen LogP contribution in [0.25, 0.3) is 0 Å². The Morgan fingerprint density at radius 1 is 1.39 bits per heavy atom. The van der Waals surface area contributed by atoms with E-state index < -0.39 is 26.4 Å². The second-order valence-corrected chi connectivity index (χ2v) is 10.3. The molecule has 7 nitrogen and oxygen atoms in total. The molecule has 0 heterocycles. The minimum atomic E-state index is -2.17. The monoisotopic (exact) mass is 277 g/mol. The molecule has 0 aromatic rings. The third kappa shape index (κ3) is 5.03. The molecule has 0 aromatic carbocycles. The summed E-state index contributed by atoms with van der Waals surface area (Å²) in [6.45, 7) is 9.92. The van der Waals surface area contributed by atoms with Gasteiger partial charge >= 0.3 is 6.09 Å². The van der Waals surface area contributed by atoms with Crippen molar-refractivity contribution in [2.75, 3.05) is 6.54 Å². The standard InChI is InChI=1S/C10H23N3O4Si/c1-10(2,3)18(4,5)17-7(8(14)13-11)6-12-9(15)16/h7,12H,6,11H2,1-5H3,(H,13,14)(H,15,16). The molecule has 0 saturated carbocycles. The number of carboxylic acid groups (broad SMARTS) is 1. The summed E-state index contributed by atoms with van der Waals surface area (Å²) in [5.41, 5.74) is 1.99. The maximum atomic E-state index is 11.6. The Hall–Kier alpha value is -1.12. The number of nitrogens with two attached hydrogens (primary N) is 1. The van der Waals surface area contributed by atoms with E-state index in [1.807, 2.05) is 39.3 Å². The SMILES string of the molecule is CC(C)(C)[Si](C)(C)OC(CNC(=O)O)C(=O)NN. The lowest BCUT2D eigenvalue weighted by molar-refractivity contribution is -0.128. The van der Waals surface area contributed by atoms with Gasteiger partial charge in [-0.1, -0.05) is 20.8 Å². The van der Waals surface area contributed by atoms with Crippen molar-refractivity contribution in [1.82, 2.24) is 10.7 Å². The summed E-state index contributed by atoms with van der Waals surface area (Å²) < 4.78 is 5.83. The van der Waals surface area contributed by atoms with Crippen LogP contribution in [-0.4, -0.2) is 38.1 Å². The van der Waals surface area contributed by atoms with E-state index in [0.717, 1.165) is 0 Å². The number of hydrogen-bond donors (Lipinski definition) is 4. The van der Waals surface area contributed by atoms with Crippen molar-refractivity contribution < 1.29 is 19.1 Å². The third-order valence-electron chi connectivity index (χ3n) is 3.12. The molecular weight excluding hydrogens is 254 g/mol. The Morgan fingerprint density at radius 2 is 1.89 bits per heavy atom. The molecule has 2 amide bonds. The number of rotatable bonds is 5. The molecule has 0 bridgehead atoms. The van der Waals surface area contributed by atoms with Crippen molar-refractivity contribution in [2.24, 2.45) is 5.84 Å². The van der Waals surface area contributed by atoms with Crippen LogP contribution in [0.3, 0.4) is 0 Å². The zero-order valence-electron chi connectivity index (χ0n) is 11.5. The molecule has 8 heteroatoms. The van der Waals surface area contributed by atoms with E-state index >= 15 is 0 Å². The number of hydrazine groups is 1. The first-order valence-electron chi connectivity index (χ1n) is 5.66. The largest absolute Gasteiger partial charge is 0.465 e. The van der Waals surface area contributed by atoms with Gasteiger partial charge in [-0.25, -0.2) is 10.6 Å². The molecule has 1 unspecified atom stereocenters. The predicted molar refractivity (Wildman–Crippen MR) is 70.4 cm³/mol. The molecule has 5 N–H and O–H groups in total. The van der Waals surface area contributed by atoms with E-state index in [9.17, 15) is 9.59 Å². The van der Waals surface area contributed by atoms with Crippen LogP contribution in [0.15, 0.2) is 0 Å². The second kappa shape index (κ2) is 6.16. The quantitative estimate of drug-likeness (QED) is 0.255. The molecule has 18 heavy (non-hydrogen) atoms. The third-order valence-corrected chi connectivity index (χ3v) is 7.60. The van der Waals surface area contributed by atoms with Crippen LogP contribution >= 0.6 is 0 Å². The van der Waals surface area contributed by atoms with E-state index in [0.29, 0.717) is 0 Å². The van der Waals surface area contributed by atoms with Gasteiger partial charge in [0.2, 0.25) is 0 Å². The summed E-state index contributed by atoms with van der Waals surface area (Å²) in [5.74, 6) is 4.53. The summed E-state index contributed by atoms with van der Waals surface area (Å²) in [5, 5.41) is 10.6. The van der Waals surface area contributed by atoms with Crippen LogP contribution in [0.5, 0.6) is 0 Å². The van der Waals surface area contributed by atoms with Gasteiger partial charge < -0.3 is 14.8 Å². The van der Waals surface area contributed by atoms with Crippen LogP contribution in [0.1, 0.15) is 20.8 Å². The van der Waals surface area contributed by atoms with Gasteiger partial charge in [-0.15, -0.1) is 0 Å². The molecule has 0 aliphatic rings. The molecule has 0 saturated heterocycles. The van der Waals surface area contributed by atoms with Crippen molar-refractivity contribution in [1.29, 1.82) is 0 Å². The summed E-state index contributed by atoms with van der Waals surface area (Å²) in [4.78, 5) is 22.0. The molecule has 106 valence electrons. The van der Waals surface area contributed by atoms with Gasteiger partial charge in [-0.3, -0.25) is 10.2 Å². The lowest BCUT2D eigenvalue weighted by Gasteiger charge is -2.38. The molecule has 0 rings (SSSR count). The van der Waals surface area contributed by atoms with Crippen molar-refractivity contribution in [3.63, 3.8) is 0 Å². The Kier molecular flexibility index (Phi) is 5.78. The van der Waals surface area contributed by atoms with Crippen LogP contribution in [0.2, 0.25) is 18.1 Å². The molecule has 0 radical (unpaired) electrons. The van der Waals surface area contributed by atoms with Crippen LogP contribution < -0.4 is 16.6 Å². The minimum absolute atomic E-state index is 0.0800. The number of amides is 2. The van der Waals surface area contributed by atoms with Gasteiger partial charge in [-0.05, 0) is 18.1 Å². The minimum Gasteiger partial charge on any atom is -0.465 e. The van der Waals surface area contributed by atoms with Crippen molar-refractivity contribution >= 4 is 20.3 Å². The molecule has 0 aromatic heterocycles. The van der Waals surface area contributed by atoms with Crippen molar-refractivity contribution in [2.45, 2.75) is 45.0 Å². The highest BCUT2D eigenvalue weighted by Crippen LogP contribution is 2.37. The van der Waals surface area contributed by atoms with Gasteiger partial charge in [0, 0.05) is 0 Å². The van der Waals surface area contributed by atoms with E-state index in [-0.39, 0.29) is 11.6 Å². The highest BCUT2D eigenvalue weighted by Gasteiger charge is 2.40. The smallest absolute Gasteiger partial charge is 0.404 e. The molecule has 0 spiro atoms. The Bertz CT molecular complexity index is 315. The lowest BCUT2D eigenvalue weighted by Crippen LogP contribution is -2.53. The number of carbonyl (C=O) groups excluding carboxylic acids is 1. The van der Waals surface area contributed by atoms with E-state index in [4.69, 9.17) is 15.4 Å². The molecular formula is C10H23N3O4Si. The Labute approximate surface area is 108 Å². The number of nitrogens with one attached hydrogen (secondary N) is 2. The summed E-state index contributed by atoms with van der Waals surface area (Å²) in [6.07, 6.45) is -2.12. The summed E-state index contributed by atoms with van der Waals surface area (Å²) in [6, 6.07) is 0. The Balaban J connectivity index is 4.79. The Morgan fingerprint density at radius 3 is 2.22 bits per heavy atom. The zero-order chi connectivity index (χ0) is 14.6. The van der Waals surface area contributed by atoms with Gasteiger partial charge in [0.1, 0.15) is 6.10 Å². The zero-order valence-corrected chi connectivity index (χ0v) is 12.5. The van der Waals surface area contributed by atoms with Gasteiger partial charge in [-0.2, -0.15) is 0 Å². The highest BCUT2D eigenvalue weighted by molar-refractivity contribution is 6.74. The van der Waals surface area contributed by atoms with Crippen LogP contribution in [0, 0.1) is 0 Å². The van der Waals surface area contributed by atoms with Crippen LogP contribution in [0.4, 0.5) is 4.79 Å². The fourth-order valence-electron chi connectivity index (χ4n) is 0.993. The fourth-order valence-corrected chi connectivity index (χ4v) is 2.25. The average Bonchev–Trinajstić information content (AvgIpc) is 2.21. The van der Waals surface area contributed by atoms with Gasteiger partial charge in [0.15, 0.2) is 8.32 Å². The number of carbonyl (C=O) groups is 2. The van der Waals surface area contributed by atoms with Gasteiger partial charge in [0.25, 0.3) is 5.91 Å². The van der Waals surface area contributed by atoms with Crippen molar-refractivity contribution in [3.8, 4) is 0 Å². The van der Waals surface area contributed by atoms with Crippen LogP contribution in [-0.2, 0) is 9.22 Å². The van der Waals surface area contributed by atoms with E-state index in [1.165, 1.54) is 0 Å². The molecule has 0 aliphatic carbocycles. The maximum Gasteiger partial charge on any atom is 0.404 e. The summed E-state index contributed by atoms with van der Waals surface area (Å²) in [7, 11) is -2.17. The average molecular weight is 277 g/mol. The lowest BCUT2D eigenvalue weighted by atomic mass is 10.2. The second-order valence-electron chi connectivity index (χ2n) is 5.56. The first-order valence-corrected chi connectivity index (χ1v) is 8.57. The van der Waals surface area contributed by atoms with Gasteiger partial charge in [0.05, 0.1) is 6.54 Å². The fraction of sp³-hybridized carbons (Fsp3) is 0.800. The first-order chi connectivity index (χ1) is 8.01.